The number of fused-ring (bicyclic) bond motifs is 1. The van der Waals surface area contributed by atoms with Crippen LogP contribution in [0.2, 0.25) is 0 Å². The highest BCUT2D eigenvalue weighted by atomic mass is 19.4. The maximum atomic E-state index is 13.2. The third-order valence-electron chi connectivity index (χ3n) is 10.9. The van der Waals surface area contributed by atoms with E-state index in [9.17, 15) is 27.6 Å². The molecule has 0 radical (unpaired) electrons. The Morgan fingerprint density at radius 1 is 0.925 bits per heavy atom. The van der Waals surface area contributed by atoms with Gasteiger partial charge in [-0.15, -0.1) is 0 Å². The van der Waals surface area contributed by atoms with Crippen LogP contribution in [-0.2, 0) is 15.8 Å². The van der Waals surface area contributed by atoms with Gasteiger partial charge in [-0.25, -0.2) is 9.97 Å². The molecule has 3 aromatic heterocycles. The number of pyridine rings is 2. The molecule has 1 saturated carbocycles. The van der Waals surface area contributed by atoms with E-state index < -0.39 is 17.8 Å². The average Bonchev–Trinajstić information content (AvgIpc) is 3.55. The highest BCUT2D eigenvalue weighted by Crippen LogP contribution is 2.38. The first-order valence-corrected chi connectivity index (χ1v) is 18.6. The zero-order chi connectivity index (χ0) is 37.3. The first-order chi connectivity index (χ1) is 25.4. The Labute approximate surface area is 306 Å². The molecule has 1 atom stereocenters. The van der Waals surface area contributed by atoms with Gasteiger partial charge in [-0.2, -0.15) is 13.2 Å². The third-order valence-corrected chi connectivity index (χ3v) is 10.9. The van der Waals surface area contributed by atoms with Gasteiger partial charge in [0.1, 0.15) is 28.5 Å². The van der Waals surface area contributed by atoms with Crippen LogP contribution in [0.4, 0.5) is 18.9 Å². The second kappa shape index (κ2) is 15.3. The number of hydrogen-bond acceptors (Lipinski definition) is 7. The summed E-state index contributed by atoms with van der Waals surface area (Å²) in [5.41, 5.74) is 2.78. The third kappa shape index (κ3) is 8.56. The van der Waals surface area contributed by atoms with Gasteiger partial charge in [0.05, 0.1) is 17.7 Å². The number of anilines is 1. The average molecular weight is 731 g/mol. The number of piperidine rings is 2. The Bertz CT molecular complexity index is 1960. The molecule has 5 heterocycles. The summed E-state index contributed by atoms with van der Waals surface area (Å²) in [5.74, 6) is 0.407. The molecule has 3 amide bonds. The smallest absolute Gasteiger partial charge is 0.433 e. The number of amides is 3. The second-order valence-electron chi connectivity index (χ2n) is 15.0. The van der Waals surface area contributed by atoms with Crippen molar-refractivity contribution in [3.63, 3.8) is 0 Å². The number of alkyl halides is 3. The number of aromatic nitrogens is 3. The molecule has 0 spiro atoms. The lowest BCUT2D eigenvalue weighted by Crippen LogP contribution is -2.39. The number of nitrogens with zero attached hydrogens (tertiary/aromatic N) is 4. The Balaban J connectivity index is 0.928. The number of imide groups is 1. The predicted octanol–water partition coefficient (Wildman–Crippen LogP) is 7.46. The first kappa shape index (κ1) is 36.6. The topological polar surface area (TPSA) is 118 Å². The van der Waals surface area contributed by atoms with E-state index in [1.54, 1.807) is 12.3 Å². The molecule has 13 heteroatoms. The van der Waals surface area contributed by atoms with E-state index in [1.165, 1.54) is 11.6 Å². The molecule has 3 fully saturated rings. The number of hydrogen-bond donors (Lipinski definition) is 2. The molecule has 280 valence electrons. The number of imidazole rings is 1. The minimum Gasteiger partial charge on any atom is -0.489 e. The zero-order valence-electron chi connectivity index (χ0n) is 30.0. The van der Waals surface area contributed by atoms with Gasteiger partial charge >= 0.3 is 6.18 Å². The number of carbonyl (C=O) groups excluding carboxylic acids is 3. The van der Waals surface area contributed by atoms with Crippen LogP contribution < -0.4 is 15.4 Å². The molecule has 2 N–H and O–H groups in total. The van der Waals surface area contributed by atoms with E-state index >= 15 is 0 Å². The lowest BCUT2D eigenvalue weighted by atomic mass is 9.80. The summed E-state index contributed by atoms with van der Waals surface area (Å²) in [6.07, 6.45) is 6.25. The van der Waals surface area contributed by atoms with Crippen LogP contribution in [0.15, 0.2) is 60.9 Å². The van der Waals surface area contributed by atoms with Gasteiger partial charge in [0.15, 0.2) is 0 Å². The van der Waals surface area contributed by atoms with Crippen LogP contribution in [0, 0.1) is 5.92 Å². The summed E-state index contributed by atoms with van der Waals surface area (Å²) in [6.45, 7) is 6.93. The molecule has 53 heavy (non-hydrogen) atoms. The van der Waals surface area contributed by atoms with Crippen molar-refractivity contribution in [2.75, 3.05) is 25.0 Å². The summed E-state index contributed by atoms with van der Waals surface area (Å²) in [6, 6.07) is 13.4. The maximum Gasteiger partial charge on any atom is 0.433 e. The highest BCUT2D eigenvalue weighted by molar-refractivity contribution is 6.03. The second-order valence-corrected chi connectivity index (χ2v) is 15.0. The fourth-order valence-electron chi connectivity index (χ4n) is 8.05. The van der Waals surface area contributed by atoms with E-state index in [0.717, 1.165) is 81.5 Å². The highest BCUT2D eigenvalue weighted by Gasteiger charge is 2.33. The standard InChI is InChI=1S/C40H45F3N6O4/c1-24(2)53-34-20-36-45-32(22-49(36)23-33(34)46-39(52)31-4-3-5-35(44-31)40(41,42)43)29-8-6-25(7-9-29)21-48-18-16-27(17-19-48)26-10-12-28(13-11-26)30-14-15-37(50)47-38(30)51/h3-5,10-13,20,22-25,27,29-30H,6-9,14-19,21H2,1-2H3,(H,46,52)(H,47,50,51)/t25?,29?,30-/m0/s1. The molecular formula is C40H45F3N6O4. The van der Waals surface area contributed by atoms with Crippen molar-refractivity contribution in [3.05, 3.63) is 89.1 Å². The summed E-state index contributed by atoms with van der Waals surface area (Å²) in [5, 5.41) is 5.15. The van der Waals surface area contributed by atoms with Crippen LogP contribution in [0.1, 0.15) is 116 Å². The maximum absolute atomic E-state index is 13.2. The zero-order valence-corrected chi connectivity index (χ0v) is 30.0. The monoisotopic (exact) mass is 730 g/mol. The number of benzene rings is 1. The normalized spacial score (nSPS) is 21.9. The predicted molar refractivity (Wildman–Crippen MR) is 193 cm³/mol. The molecule has 10 nitrogen and oxygen atoms in total. The molecule has 7 rings (SSSR count). The summed E-state index contributed by atoms with van der Waals surface area (Å²) in [7, 11) is 0. The SMILES string of the molecule is CC(C)Oc1cc2nc(C3CCC(CN4CCC(c5ccc([C@@H]6CCC(=O)NC6=O)cc5)CC4)CC3)cn2cc1NC(=O)c1cccc(C(F)(F)F)n1. The van der Waals surface area contributed by atoms with Gasteiger partial charge in [-0.3, -0.25) is 19.7 Å². The number of rotatable bonds is 9. The molecule has 2 aliphatic heterocycles. The minimum absolute atomic E-state index is 0.191. The number of nitrogens with one attached hydrogen (secondary N) is 2. The summed E-state index contributed by atoms with van der Waals surface area (Å²) in [4.78, 5) is 47.9. The fraction of sp³-hybridized carbons (Fsp3) is 0.475. The van der Waals surface area contributed by atoms with Crippen LogP contribution >= 0.6 is 0 Å². The van der Waals surface area contributed by atoms with E-state index in [2.05, 4.69) is 44.8 Å². The van der Waals surface area contributed by atoms with Gasteiger partial charge in [0.25, 0.3) is 5.91 Å². The van der Waals surface area contributed by atoms with E-state index in [0.29, 0.717) is 47.7 Å². The molecule has 3 aliphatic rings. The van der Waals surface area contributed by atoms with Gasteiger partial charge in [0, 0.05) is 37.3 Å². The minimum atomic E-state index is -4.66. The first-order valence-electron chi connectivity index (χ1n) is 18.6. The fourth-order valence-corrected chi connectivity index (χ4v) is 8.05. The van der Waals surface area contributed by atoms with Gasteiger partial charge < -0.3 is 19.4 Å². The lowest BCUT2D eigenvalue weighted by Gasteiger charge is -2.36. The van der Waals surface area contributed by atoms with E-state index in [1.807, 2.05) is 24.4 Å². The molecule has 1 aliphatic carbocycles. The van der Waals surface area contributed by atoms with Crippen molar-refractivity contribution in [3.8, 4) is 5.75 Å². The quantitative estimate of drug-likeness (QED) is 0.172. The Morgan fingerprint density at radius 3 is 2.32 bits per heavy atom. The van der Waals surface area contributed by atoms with E-state index in [-0.39, 0.29) is 29.5 Å². The van der Waals surface area contributed by atoms with Crippen molar-refractivity contribution < 1.29 is 32.3 Å². The Morgan fingerprint density at radius 2 is 1.64 bits per heavy atom. The molecule has 2 saturated heterocycles. The van der Waals surface area contributed by atoms with Crippen molar-refractivity contribution >= 4 is 29.1 Å². The largest absolute Gasteiger partial charge is 0.489 e. The number of halogens is 3. The summed E-state index contributed by atoms with van der Waals surface area (Å²) >= 11 is 0. The number of carbonyl (C=O) groups is 3. The van der Waals surface area contributed by atoms with Gasteiger partial charge in [-0.05, 0) is 107 Å². The molecular weight excluding hydrogens is 685 g/mol. The van der Waals surface area contributed by atoms with E-state index in [4.69, 9.17) is 9.72 Å². The molecule has 0 unspecified atom stereocenters. The van der Waals surface area contributed by atoms with Gasteiger partial charge in [0.2, 0.25) is 11.8 Å². The van der Waals surface area contributed by atoms with Crippen molar-refractivity contribution in [1.29, 1.82) is 0 Å². The Hall–Kier alpha value is -4.78. The van der Waals surface area contributed by atoms with Crippen molar-refractivity contribution in [2.45, 2.75) is 95.2 Å². The molecule has 4 aromatic rings. The van der Waals surface area contributed by atoms with Crippen LogP contribution in [0.3, 0.4) is 0 Å². The molecule has 1 aromatic carbocycles. The van der Waals surface area contributed by atoms with Crippen molar-refractivity contribution in [2.24, 2.45) is 5.92 Å². The van der Waals surface area contributed by atoms with Crippen LogP contribution in [0.5, 0.6) is 5.75 Å². The summed E-state index contributed by atoms with van der Waals surface area (Å²) < 4.78 is 47.5. The van der Waals surface area contributed by atoms with Gasteiger partial charge in [-0.1, -0.05) is 30.3 Å². The Kier molecular flexibility index (Phi) is 10.6. The lowest BCUT2D eigenvalue weighted by molar-refractivity contribution is -0.141. The molecule has 0 bridgehead atoms. The van der Waals surface area contributed by atoms with Crippen LogP contribution in [-0.4, -0.2) is 62.7 Å². The number of ether oxygens (including phenoxy) is 1. The number of likely N-dealkylation sites (tertiary alicyclic amines) is 1. The van der Waals surface area contributed by atoms with Crippen LogP contribution in [0.25, 0.3) is 5.65 Å². The van der Waals surface area contributed by atoms with Crippen molar-refractivity contribution in [1.82, 2.24) is 24.6 Å².